The van der Waals surface area contributed by atoms with E-state index in [0.717, 1.165) is 0 Å². The highest BCUT2D eigenvalue weighted by molar-refractivity contribution is 7.80. The maximum absolute atomic E-state index is 12.9. The van der Waals surface area contributed by atoms with Crippen LogP contribution in [0.4, 0.5) is 32.0 Å². The molecule has 162 valence electrons. The molecule has 30 heavy (non-hydrogen) atoms. The van der Waals surface area contributed by atoms with Crippen LogP contribution < -0.4 is 20.1 Å². The molecule has 0 unspecified atom stereocenters. The Hall–Kier alpha value is -3.02. The standard InChI is InChI=1S/C18H14F6N2O3S/c1-28-12-4-3-5-13(29-2)14(12)15(27)26-16(30)25-11-7-9(17(19,20)21)6-10(8-11)18(22,23)24/h3-8H,1-2H3,(H2,25,26,27,30). The molecule has 0 aliphatic rings. The zero-order valence-electron chi connectivity index (χ0n) is 15.4. The van der Waals surface area contributed by atoms with Gasteiger partial charge in [-0.25, -0.2) is 0 Å². The fourth-order valence-electron chi connectivity index (χ4n) is 2.43. The van der Waals surface area contributed by atoms with E-state index in [2.05, 4.69) is 10.6 Å². The maximum Gasteiger partial charge on any atom is 0.416 e. The number of carbonyl (C=O) groups is 1. The van der Waals surface area contributed by atoms with Crippen LogP contribution in [0, 0.1) is 0 Å². The highest BCUT2D eigenvalue weighted by Gasteiger charge is 2.37. The first-order chi connectivity index (χ1) is 13.9. The summed E-state index contributed by atoms with van der Waals surface area (Å²) in [6, 6.07) is 5.32. The third-order valence-electron chi connectivity index (χ3n) is 3.73. The van der Waals surface area contributed by atoms with Gasteiger partial charge in [-0.2, -0.15) is 26.3 Å². The lowest BCUT2D eigenvalue weighted by molar-refractivity contribution is -0.143. The molecule has 0 fully saturated rings. The van der Waals surface area contributed by atoms with E-state index in [9.17, 15) is 31.1 Å². The van der Waals surface area contributed by atoms with Crippen molar-refractivity contribution in [3.63, 3.8) is 0 Å². The molecule has 2 aromatic rings. The average Bonchev–Trinajstić information content (AvgIpc) is 2.65. The number of hydrogen-bond donors (Lipinski definition) is 2. The number of anilines is 1. The van der Waals surface area contributed by atoms with Crippen LogP contribution in [-0.2, 0) is 12.4 Å². The first-order valence-corrected chi connectivity index (χ1v) is 8.40. The number of amides is 1. The van der Waals surface area contributed by atoms with Crippen LogP contribution in [0.15, 0.2) is 36.4 Å². The van der Waals surface area contributed by atoms with Gasteiger partial charge in [0.1, 0.15) is 17.1 Å². The molecule has 0 aliphatic carbocycles. The van der Waals surface area contributed by atoms with E-state index < -0.39 is 40.2 Å². The van der Waals surface area contributed by atoms with Gasteiger partial charge in [-0.1, -0.05) is 6.07 Å². The van der Waals surface area contributed by atoms with Gasteiger partial charge in [0.05, 0.1) is 25.3 Å². The van der Waals surface area contributed by atoms with Crippen molar-refractivity contribution in [2.45, 2.75) is 12.4 Å². The summed E-state index contributed by atoms with van der Waals surface area (Å²) in [4.78, 5) is 12.5. The Morgan fingerprint density at radius 1 is 0.900 bits per heavy atom. The number of ether oxygens (including phenoxy) is 2. The summed E-state index contributed by atoms with van der Waals surface area (Å²) in [5.74, 6) is -0.606. The van der Waals surface area contributed by atoms with E-state index >= 15 is 0 Å². The van der Waals surface area contributed by atoms with Crippen molar-refractivity contribution in [1.82, 2.24) is 5.32 Å². The predicted octanol–water partition coefficient (Wildman–Crippen LogP) is 4.87. The van der Waals surface area contributed by atoms with Crippen molar-refractivity contribution in [3.05, 3.63) is 53.1 Å². The number of hydrogen-bond acceptors (Lipinski definition) is 4. The number of benzene rings is 2. The first kappa shape index (κ1) is 23.3. The van der Waals surface area contributed by atoms with Gasteiger partial charge in [-0.05, 0) is 42.5 Å². The molecule has 0 heterocycles. The number of nitrogens with one attached hydrogen (secondary N) is 2. The average molecular weight is 452 g/mol. The second-order valence-corrected chi connectivity index (χ2v) is 6.15. The first-order valence-electron chi connectivity index (χ1n) is 7.99. The molecular formula is C18H14F6N2O3S. The van der Waals surface area contributed by atoms with Crippen LogP contribution in [0.1, 0.15) is 21.5 Å². The predicted molar refractivity (Wildman–Crippen MR) is 99.7 cm³/mol. The Bertz CT molecular complexity index is 905. The topological polar surface area (TPSA) is 59.6 Å². The van der Waals surface area contributed by atoms with Crippen molar-refractivity contribution >= 4 is 28.9 Å². The van der Waals surface area contributed by atoms with E-state index in [-0.39, 0.29) is 23.1 Å². The lowest BCUT2D eigenvalue weighted by atomic mass is 10.1. The largest absolute Gasteiger partial charge is 0.496 e. The smallest absolute Gasteiger partial charge is 0.416 e. The van der Waals surface area contributed by atoms with Crippen LogP contribution in [0.3, 0.4) is 0 Å². The minimum absolute atomic E-state index is 0.0213. The molecule has 0 spiro atoms. The second kappa shape index (κ2) is 8.78. The van der Waals surface area contributed by atoms with Crippen molar-refractivity contribution < 1.29 is 40.6 Å². The fraction of sp³-hybridized carbons (Fsp3) is 0.222. The van der Waals surface area contributed by atoms with Crippen molar-refractivity contribution in [2.24, 2.45) is 0 Å². The molecule has 12 heteroatoms. The number of carbonyl (C=O) groups excluding carboxylic acids is 1. The molecule has 2 aromatic carbocycles. The van der Waals surface area contributed by atoms with E-state index in [1.807, 2.05) is 0 Å². The molecule has 2 rings (SSSR count). The monoisotopic (exact) mass is 452 g/mol. The van der Waals surface area contributed by atoms with E-state index in [1.54, 1.807) is 6.07 Å². The van der Waals surface area contributed by atoms with Crippen LogP contribution in [-0.4, -0.2) is 25.2 Å². The number of alkyl halides is 6. The number of thiocarbonyl (C=S) groups is 1. The molecule has 1 amide bonds. The third kappa shape index (κ3) is 5.53. The van der Waals surface area contributed by atoms with E-state index in [1.165, 1.54) is 26.4 Å². The normalized spacial score (nSPS) is 11.6. The zero-order valence-corrected chi connectivity index (χ0v) is 16.2. The minimum Gasteiger partial charge on any atom is -0.496 e. The fourth-order valence-corrected chi connectivity index (χ4v) is 2.64. The molecule has 0 saturated carbocycles. The molecule has 0 saturated heterocycles. The molecule has 0 atom stereocenters. The van der Waals surface area contributed by atoms with Crippen LogP contribution in [0.2, 0.25) is 0 Å². The molecule has 0 radical (unpaired) electrons. The molecular weight excluding hydrogens is 438 g/mol. The van der Waals surface area contributed by atoms with Gasteiger partial charge in [-0.3, -0.25) is 10.1 Å². The Labute approximate surface area is 172 Å². The number of halogens is 6. The summed E-state index contributed by atoms with van der Waals surface area (Å²) in [6.07, 6.45) is -10.0. The Kier molecular flexibility index (Phi) is 6.80. The van der Waals surface area contributed by atoms with Gasteiger partial charge in [-0.15, -0.1) is 0 Å². The molecule has 0 bridgehead atoms. The minimum atomic E-state index is -5.02. The van der Waals surface area contributed by atoms with Crippen LogP contribution >= 0.6 is 12.2 Å². The van der Waals surface area contributed by atoms with Crippen molar-refractivity contribution in [3.8, 4) is 11.5 Å². The molecule has 0 aliphatic heterocycles. The van der Waals surface area contributed by atoms with Crippen molar-refractivity contribution in [1.29, 1.82) is 0 Å². The quantitative estimate of drug-likeness (QED) is 0.512. The van der Waals surface area contributed by atoms with Gasteiger partial charge < -0.3 is 14.8 Å². The Morgan fingerprint density at radius 3 is 1.77 bits per heavy atom. The lowest BCUT2D eigenvalue weighted by Crippen LogP contribution is -2.34. The van der Waals surface area contributed by atoms with Gasteiger partial charge in [0.25, 0.3) is 5.91 Å². The number of methoxy groups -OCH3 is 2. The Morgan fingerprint density at radius 2 is 1.37 bits per heavy atom. The molecule has 5 nitrogen and oxygen atoms in total. The van der Waals surface area contributed by atoms with Crippen LogP contribution in [0.5, 0.6) is 11.5 Å². The SMILES string of the molecule is COc1cccc(OC)c1C(=O)NC(=S)Nc1cc(C(F)(F)F)cc(C(F)(F)F)c1. The highest BCUT2D eigenvalue weighted by Crippen LogP contribution is 2.37. The maximum atomic E-state index is 12.9. The second-order valence-electron chi connectivity index (χ2n) is 5.74. The summed E-state index contributed by atoms with van der Waals surface area (Å²) in [5.41, 5.74) is -3.72. The Balaban J connectivity index is 2.30. The third-order valence-corrected chi connectivity index (χ3v) is 3.93. The zero-order chi connectivity index (χ0) is 22.7. The van der Waals surface area contributed by atoms with Crippen molar-refractivity contribution in [2.75, 3.05) is 19.5 Å². The van der Waals surface area contributed by atoms with Crippen LogP contribution in [0.25, 0.3) is 0 Å². The summed E-state index contributed by atoms with van der Waals surface area (Å²) in [5, 5.41) is 3.80. The number of rotatable bonds is 4. The summed E-state index contributed by atoms with van der Waals surface area (Å²) in [7, 11) is 2.59. The van der Waals surface area contributed by atoms with Gasteiger partial charge in [0, 0.05) is 5.69 Å². The summed E-state index contributed by atoms with van der Waals surface area (Å²) in [6.45, 7) is 0. The van der Waals surface area contributed by atoms with Gasteiger partial charge in [0.2, 0.25) is 0 Å². The van der Waals surface area contributed by atoms with Gasteiger partial charge >= 0.3 is 12.4 Å². The van der Waals surface area contributed by atoms with E-state index in [0.29, 0.717) is 12.1 Å². The van der Waals surface area contributed by atoms with E-state index in [4.69, 9.17) is 21.7 Å². The van der Waals surface area contributed by atoms with Gasteiger partial charge in [0.15, 0.2) is 5.11 Å². The molecule has 2 N–H and O–H groups in total. The summed E-state index contributed by atoms with van der Waals surface area (Å²) < 4.78 is 87.8. The highest BCUT2D eigenvalue weighted by atomic mass is 32.1. The lowest BCUT2D eigenvalue weighted by Gasteiger charge is -2.17. The molecule has 0 aromatic heterocycles. The summed E-state index contributed by atoms with van der Waals surface area (Å²) >= 11 is 4.86.